The van der Waals surface area contributed by atoms with E-state index in [-0.39, 0.29) is 55.9 Å². The average Bonchev–Trinajstić information content (AvgIpc) is 3.55. The zero-order chi connectivity index (χ0) is 33.1. The van der Waals surface area contributed by atoms with Gasteiger partial charge in [-0.15, -0.1) is 37.2 Å². The van der Waals surface area contributed by atoms with Gasteiger partial charge in [0.25, 0.3) is 5.91 Å². The lowest BCUT2D eigenvalue weighted by Gasteiger charge is -2.43. The van der Waals surface area contributed by atoms with Crippen LogP contribution in [0.15, 0.2) is 36.4 Å². The van der Waals surface area contributed by atoms with E-state index in [4.69, 9.17) is 9.47 Å². The van der Waals surface area contributed by atoms with Crippen LogP contribution in [0, 0.1) is 6.92 Å². The molecule has 7 nitrogen and oxygen atoms in total. The summed E-state index contributed by atoms with van der Waals surface area (Å²) in [5.41, 5.74) is -0.387. The smallest absolute Gasteiger partial charge is 0.382 e. The van der Waals surface area contributed by atoms with Crippen molar-refractivity contribution in [3.05, 3.63) is 64.2 Å². The molecule has 3 aliphatic rings. The highest BCUT2D eigenvalue weighted by molar-refractivity contribution is 5.95. The van der Waals surface area contributed by atoms with Gasteiger partial charge >= 0.3 is 12.4 Å². The SMILES string of the molecule is COC[C@@H]1CN(CCN2CCN(C(=O)c3cc(C(F)(F)F)cc(C(F)(F)F)c3)[C@H](Cc3ccc(C)c(N4CCCC4)c3)C2)CCO1.Cl.Cl.Cl. The number of nitrogens with zero attached hydrogens (tertiary/aromatic N) is 4. The molecule has 3 heterocycles. The van der Waals surface area contributed by atoms with Crippen LogP contribution in [0.4, 0.5) is 32.0 Å². The van der Waals surface area contributed by atoms with Crippen molar-refractivity contribution >= 4 is 48.8 Å². The largest absolute Gasteiger partial charge is 0.416 e. The number of ether oxygens (including phenoxy) is 2. The average molecular weight is 766 g/mol. The quantitative estimate of drug-likeness (QED) is 0.268. The van der Waals surface area contributed by atoms with Crippen LogP contribution in [-0.4, -0.2) is 112 Å². The lowest BCUT2D eigenvalue weighted by atomic mass is 9.97. The number of amides is 1. The van der Waals surface area contributed by atoms with Crippen LogP contribution in [0.2, 0.25) is 0 Å². The third-order valence-corrected chi connectivity index (χ3v) is 9.16. The Hall–Kier alpha value is -2.00. The highest BCUT2D eigenvalue weighted by Gasteiger charge is 2.39. The van der Waals surface area contributed by atoms with E-state index in [0.717, 1.165) is 62.4 Å². The van der Waals surface area contributed by atoms with Gasteiger partial charge in [-0.3, -0.25) is 14.6 Å². The second kappa shape index (κ2) is 18.5. The predicted octanol–water partition coefficient (Wildman–Crippen LogP) is 6.61. The highest BCUT2D eigenvalue weighted by Crippen LogP contribution is 2.37. The maximum Gasteiger partial charge on any atom is 0.416 e. The Kier molecular flexibility index (Phi) is 16.3. The molecular weight excluding hydrogens is 721 g/mol. The third kappa shape index (κ3) is 11.2. The molecule has 278 valence electrons. The Morgan fingerprint density at radius 3 is 2.04 bits per heavy atom. The molecule has 16 heteroatoms. The highest BCUT2D eigenvalue weighted by atomic mass is 35.5. The lowest BCUT2D eigenvalue weighted by molar-refractivity contribution is -0.143. The number of hydrogen-bond donors (Lipinski definition) is 0. The van der Waals surface area contributed by atoms with E-state index in [1.54, 1.807) is 7.11 Å². The minimum atomic E-state index is -5.04. The van der Waals surface area contributed by atoms with Gasteiger partial charge in [0.1, 0.15) is 0 Å². The van der Waals surface area contributed by atoms with Crippen molar-refractivity contribution in [1.82, 2.24) is 14.7 Å². The number of alkyl halides is 6. The van der Waals surface area contributed by atoms with Crippen molar-refractivity contribution in [2.75, 3.05) is 84.1 Å². The fraction of sp³-hybridized carbons (Fsp3) is 0.606. The number of piperazine rings is 1. The summed E-state index contributed by atoms with van der Waals surface area (Å²) in [4.78, 5) is 22.1. The lowest BCUT2D eigenvalue weighted by Crippen LogP contribution is -2.57. The van der Waals surface area contributed by atoms with Crippen molar-refractivity contribution in [2.24, 2.45) is 0 Å². The number of methoxy groups -OCH3 is 1. The second-order valence-electron chi connectivity index (χ2n) is 12.5. The van der Waals surface area contributed by atoms with Crippen LogP contribution >= 0.6 is 37.2 Å². The minimum absolute atomic E-state index is 0. The molecule has 5 rings (SSSR count). The first-order valence-electron chi connectivity index (χ1n) is 15.8. The number of aryl methyl sites for hydroxylation is 1. The van der Waals surface area contributed by atoms with Gasteiger partial charge in [0, 0.05) is 83.3 Å². The number of halogens is 9. The summed E-state index contributed by atoms with van der Waals surface area (Å²) >= 11 is 0. The zero-order valence-electron chi connectivity index (χ0n) is 27.5. The van der Waals surface area contributed by atoms with Crippen molar-refractivity contribution < 1.29 is 40.6 Å². The van der Waals surface area contributed by atoms with Gasteiger partial charge < -0.3 is 19.3 Å². The number of hydrogen-bond acceptors (Lipinski definition) is 6. The molecule has 0 radical (unpaired) electrons. The van der Waals surface area contributed by atoms with Gasteiger partial charge in [-0.25, -0.2) is 0 Å². The van der Waals surface area contributed by atoms with Crippen LogP contribution in [0.3, 0.4) is 0 Å². The molecule has 0 spiro atoms. The topological polar surface area (TPSA) is 48.5 Å². The predicted molar refractivity (Wildman–Crippen MR) is 184 cm³/mol. The van der Waals surface area contributed by atoms with Gasteiger partial charge in [-0.1, -0.05) is 12.1 Å². The maximum atomic E-state index is 13.8. The Balaban J connectivity index is 0.00000278. The van der Waals surface area contributed by atoms with Gasteiger partial charge in [0.2, 0.25) is 0 Å². The summed E-state index contributed by atoms with van der Waals surface area (Å²) in [6.45, 7) is 9.10. The van der Waals surface area contributed by atoms with E-state index in [1.165, 1.54) is 4.90 Å². The Labute approximate surface area is 302 Å². The maximum absolute atomic E-state index is 13.8. The van der Waals surface area contributed by atoms with Crippen LogP contribution in [0.25, 0.3) is 0 Å². The molecule has 0 saturated carbocycles. The van der Waals surface area contributed by atoms with Crippen molar-refractivity contribution in [3.63, 3.8) is 0 Å². The zero-order valence-corrected chi connectivity index (χ0v) is 30.0. The molecule has 0 unspecified atom stereocenters. The van der Waals surface area contributed by atoms with Gasteiger partial charge in [-0.05, 0) is 61.6 Å². The molecule has 3 saturated heterocycles. The molecule has 0 aliphatic carbocycles. The summed E-state index contributed by atoms with van der Waals surface area (Å²) in [6, 6.07) is 6.81. The number of rotatable bonds is 9. The van der Waals surface area contributed by atoms with Crippen LogP contribution < -0.4 is 4.90 Å². The summed E-state index contributed by atoms with van der Waals surface area (Å²) in [7, 11) is 1.63. The Morgan fingerprint density at radius 2 is 1.45 bits per heavy atom. The fourth-order valence-corrected chi connectivity index (χ4v) is 6.71. The van der Waals surface area contributed by atoms with E-state index >= 15 is 0 Å². The van der Waals surface area contributed by atoms with Crippen LogP contribution in [0.5, 0.6) is 0 Å². The molecule has 2 aromatic rings. The van der Waals surface area contributed by atoms with Crippen molar-refractivity contribution in [1.29, 1.82) is 0 Å². The number of carbonyl (C=O) groups is 1. The number of carbonyl (C=O) groups excluding carboxylic acids is 1. The van der Waals surface area contributed by atoms with Gasteiger partial charge in [0.05, 0.1) is 30.4 Å². The van der Waals surface area contributed by atoms with Gasteiger partial charge in [0.15, 0.2) is 0 Å². The second-order valence-corrected chi connectivity index (χ2v) is 12.5. The Bertz CT molecular complexity index is 1330. The molecule has 0 aromatic heterocycles. The fourth-order valence-electron chi connectivity index (χ4n) is 6.71. The number of anilines is 1. The van der Waals surface area contributed by atoms with E-state index in [1.807, 2.05) is 19.1 Å². The first-order chi connectivity index (χ1) is 21.8. The summed E-state index contributed by atoms with van der Waals surface area (Å²) < 4.78 is 92.8. The van der Waals surface area contributed by atoms with Crippen LogP contribution in [-0.2, 0) is 28.2 Å². The van der Waals surface area contributed by atoms with Crippen LogP contribution in [0.1, 0.15) is 45.5 Å². The molecule has 49 heavy (non-hydrogen) atoms. The summed E-state index contributed by atoms with van der Waals surface area (Å²) in [5, 5.41) is 0. The standard InChI is InChI=1S/C33H42F6N4O3.3ClH/c1-23-5-6-24(16-30(23)42-7-3-4-8-42)15-28-20-40(9-10-41-13-14-46-29(21-41)22-45-2)11-12-43(28)31(44)25-17-26(32(34,35)36)19-27(18-25)33(37,38)39;;;/h5-6,16-19,28-29H,3-4,7-15,20-22H2,1-2H3;3*1H/t28-,29+;;;/m1.../s1. The molecule has 2 atom stereocenters. The van der Waals surface area contributed by atoms with Crippen molar-refractivity contribution in [3.8, 4) is 0 Å². The number of benzene rings is 2. The molecule has 2 aromatic carbocycles. The van der Waals surface area contributed by atoms with E-state index in [2.05, 4.69) is 20.8 Å². The molecule has 3 fully saturated rings. The number of morpholine rings is 1. The molecule has 0 bridgehead atoms. The molecule has 0 N–H and O–H groups in total. The minimum Gasteiger partial charge on any atom is -0.382 e. The summed E-state index contributed by atoms with van der Waals surface area (Å²) in [5.74, 6) is -0.830. The van der Waals surface area contributed by atoms with E-state index in [9.17, 15) is 31.1 Å². The first-order valence-corrected chi connectivity index (χ1v) is 15.8. The van der Waals surface area contributed by atoms with E-state index < -0.39 is 41.0 Å². The Morgan fingerprint density at radius 1 is 0.837 bits per heavy atom. The van der Waals surface area contributed by atoms with Crippen molar-refractivity contribution in [2.45, 2.75) is 50.7 Å². The van der Waals surface area contributed by atoms with Gasteiger partial charge in [-0.2, -0.15) is 26.3 Å². The third-order valence-electron chi connectivity index (χ3n) is 9.16. The normalized spacial score (nSPS) is 20.7. The molecule has 1 amide bonds. The molecule has 3 aliphatic heterocycles. The molecular formula is C33H45Cl3F6N4O3. The summed E-state index contributed by atoms with van der Waals surface area (Å²) in [6.07, 6.45) is -7.46. The first kappa shape index (κ1) is 43.2. The monoisotopic (exact) mass is 764 g/mol. The van der Waals surface area contributed by atoms with E-state index in [0.29, 0.717) is 51.4 Å².